The molecule has 0 atom stereocenters. The summed E-state index contributed by atoms with van der Waals surface area (Å²) in [6.45, 7) is 0. The summed E-state index contributed by atoms with van der Waals surface area (Å²) in [5, 5.41) is 2.97. The van der Waals surface area contributed by atoms with E-state index >= 15 is 0 Å². The van der Waals surface area contributed by atoms with E-state index in [1.165, 1.54) is 6.07 Å². The van der Waals surface area contributed by atoms with E-state index in [4.69, 9.17) is 4.42 Å². The van der Waals surface area contributed by atoms with Crippen LogP contribution in [0.5, 0.6) is 0 Å². The number of benzene rings is 2. The van der Waals surface area contributed by atoms with Gasteiger partial charge in [0.05, 0.1) is 4.91 Å². The second-order valence-corrected chi connectivity index (χ2v) is 7.59. The number of rotatable bonds is 3. The molecule has 7 heteroatoms. The third-order valence-corrected chi connectivity index (χ3v) is 5.19. The van der Waals surface area contributed by atoms with Crippen molar-refractivity contribution in [2.75, 3.05) is 0 Å². The first-order valence-electron chi connectivity index (χ1n) is 7.98. The molecule has 3 aromatic rings. The number of para-hydroxylation sites is 1. The average Bonchev–Trinajstić information content (AvgIpc) is 3.25. The predicted octanol–water partition coefficient (Wildman–Crippen LogP) is 5.74. The first-order chi connectivity index (χ1) is 13.1. The molecule has 1 aromatic heterocycles. The van der Waals surface area contributed by atoms with Gasteiger partial charge >= 0.3 is 0 Å². The summed E-state index contributed by atoms with van der Waals surface area (Å²) < 4.78 is 20.5. The fourth-order valence-corrected chi connectivity index (χ4v) is 3.54. The van der Waals surface area contributed by atoms with Gasteiger partial charge < -0.3 is 9.73 Å². The van der Waals surface area contributed by atoms with Crippen LogP contribution in [0.3, 0.4) is 0 Å². The molecule has 1 fully saturated rings. The lowest BCUT2D eigenvalue weighted by Gasteiger charge is -1.97. The molecule has 2 heterocycles. The van der Waals surface area contributed by atoms with Crippen LogP contribution < -0.4 is 5.32 Å². The molecule has 0 saturated carbocycles. The SMILES string of the molecule is O=C1NC(=Nc2ccccc2F)SC1=Cc1ccc(-c2ccc(Br)cc2)o1. The molecule has 1 saturated heterocycles. The Bertz CT molecular complexity index is 1070. The summed E-state index contributed by atoms with van der Waals surface area (Å²) in [5.74, 6) is 0.523. The Morgan fingerprint density at radius 1 is 1.07 bits per heavy atom. The number of furan rings is 1. The third kappa shape index (κ3) is 4.04. The van der Waals surface area contributed by atoms with Crippen molar-refractivity contribution in [2.24, 2.45) is 4.99 Å². The molecular weight excluding hydrogens is 431 g/mol. The average molecular weight is 443 g/mol. The van der Waals surface area contributed by atoms with Crippen LogP contribution in [0.4, 0.5) is 10.1 Å². The van der Waals surface area contributed by atoms with Crippen LogP contribution in [-0.2, 0) is 4.79 Å². The van der Waals surface area contributed by atoms with E-state index in [0.717, 1.165) is 21.8 Å². The van der Waals surface area contributed by atoms with Gasteiger partial charge in [0, 0.05) is 16.1 Å². The Kier molecular flexibility index (Phi) is 4.96. The number of carbonyl (C=O) groups is 1. The van der Waals surface area contributed by atoms with Gasteiger partial charge in [0.15, 0.2) is 5.17 Å². The van der Waals surface area contributed by atoms with E-state index in [-0.39, 0.29) is 11.6 Å². The molecule has 0 spiro atoms. The zero-order chi connectivity index (χ0) is 18.8. The predicted molar refractivity (Wildman–Crippen MR) is 109 cm³/mol. The number of nitrogens with one attached hydrogen (secondary N) is 1. The van der Waals surface area contributed by atoms with Crippen LogP contribution in [0.25, 0.3) is 17.4 Å². The topological polar surface area (TPSA) is 54.6 Å². The van der Waals surface area contributed by atoms with Crippen molar-refractivity contribution >= 4 is 50.5 Å². The molecule has 0 unspecified atom stereocenters. The maximum Gasteiger partial charge on any atom is 0.264 e. The van der Waals surface area contributed by atoms with Crippen molar-refractivity contribution in [3.05, 3.63) is 81.6 Å². The van der Waals surface area contributed by atoms with Gasteiger partial charge in [-0.3, -0.25) is 4.79 Å². The van der Waals surface area contributed by atoms with Crippen LogP contribution in [0, 0.1) is 5.82 Å². The molecule has 1 aliphatic heterocycles. The normalized spacial score (nSPS) is 16.9. The van der Waals surface area contributed by atoms with Crippen LogP contribution in [0.1, 0.15) is 5.76 Å². The number of hydrogen-bond donors (Lipinski definition) is 1. The van der Waals surface area contributed by atoms with E-state index in [1.807, 2.05) is 30.3 Å². The summed E-state index contributed by atoms with van der Waals surface area (Å²) >= 11 is 4.54. The zero-order valence-electron chi connectivity index (χ0n) is 13.8. The molecule has 0 radical (unpaired) electrons. The number of amides is 1. The van der Waals surface area contributed by atoms with Crippen LogP contribution >= 0.6 is 27.7 Å². The van der Waals surface area contributed by atoms with Crippen molar-refractivity contribution in [2.45, 2.75) is 0 Å². The Labute approximate surface area is 167 Å². The summed E-state index contributed by atoms with van der Waals surface area (Å²) in [7, 11) is 0. The zero-order valence-corrected chi connectivity index (χ0v) is 16.2. The smallest absolute Gasteiger partial charge is 0.264 e. The molecule has 4 rings (SSSR count). The van der Waals surface area contributed by atoms with Crippen LogP contribution in [-0.4, -0.2) is 11.1 Å². The van der Waals surface area contributed by atoms with Gasteiger partial charge in [-0.2, -0.15) is 0 Å². The number of aliphatic imine (C=N–C) groups is 1. The Hall–Kier alpha value is -2.64. The maximum absolute atomic E-state index is 13.7. The van der Waals surface area contributed by atoms with Gasteiger partial charge in [0.1, 0.15) is 23.0 Å². The quantitative estimate of drug-likeness (QED) is 0.526. The van der Waals surface area contributed by atoms with Gasteiger partial charge in [-0.1, -0.05) is 40.2 Å². The molecule has 1 amide bonds. The minimum atomic E-state index is -0.442. The highest BCUT2D eigenvalue weighted by Crippen LogP contribution is 2.30. The van der Waals surface area contributed by atoms with E-state index in [2.05, 4.69) is 26.2 Å². The van der Waals surface area contributed by atoms with E-state index in [1.54, 1.807) is 30.3 Å². The van der Waals surface area contributed by atoms with Gasteiger partial charge in [-0.05, 0) is 48.2 Å². The van der Waals surface area contributed by atoms with E-state index in [9.17, 15) is 9.18 Å². The summed E-state index contributed by atoms with van der Waals surface area (Å²) in [4.78, 5) is 16.7. The lowest BCUT2D eigenvalue weighted by Crippen LogP contribution is -2.19. The summed E-state index contributed by atoms with van der Waals surface area (Å²) in [6, 6.07) is 17.5. The molecule has 1 N–H and O–H groups in total. The second-order valence-electron chi connectivity index (χ2n) is 5.64. The lowest BCUT2D eigenvalue weighted by molar-refractivity contribution is -0.115. The number of carbonyl (C=O) groups excluding carboxylic acids is 1. The minimum Gasteiger partial charge on any atom is -0.457 e. The Morgan fingerprint density at radius 3 is 2.63 bits per heavy atom. The van der Waals surface area contributed by atoms with Crippen LogP contribution in [0.2, 0.25) is 0 Å². The Balaban J connectivity index is 1.55. The number of amidine groups is 1. The van der Waals surface area contributed by atoms with Gasteiger partial charge in [0.2, 0.25) is 0 Å². The Morgan fingerprint density at radius 2 is 1.85 bits per heavy atom. The van der Waals surface area contributed by atoms with Crippen molar-refractivity contribution in [1.29, 1.82) is 0 Å². The van der Waals surface area contributed by atoms with E-state index in [0.29, 0.717) is 21.6 Å². The van der Waals surface area contributed by atoms with Gasteiger partial charge in [-0.15, -0.1) is 0 Å². The van der Waals surface area contributed by atoms with Gasteiger partial charge in [-0.25, -0.2) is 9.38 Å². The number of halogens is 2. The highest BCUT2D eigenvalue weighted by molar-refractivity contribution is 9.10. The molecule has 0 bridgehead atoms. The highest BCUT2D eigenvalue weighted by atomic mass is 79.9. The van der Waals surface area contributed by atoms with Crippen LogP contribution in [0.15, 0.2) is 79.5 Å². The van der Waals surface area contributed by atoms with Crippen molar-refractivity contribution < 1.29 is 13.6 Å². The molecule has 27 heavy (non-hydrogen) atoms. The largest absolute Gasteiger partial charge is 0.457 e. The molecule has 4 nitrogen and oxygen atoms in total. The summed E-state index contributed by atoms with van der Waals surface area (Å²) in [5.41, 5.74) is 1.12. The molecule has 2 aromatic carbocycles. The molecular formula is C20H12BrFN2O2S. The van der Waals surface area contributed by atoms with Gasteiger partial charge in [0.25, 0.3) is 5.91 Å². The number of nitrogens with zero attached hydrogens (tertiary/aromatic N) is 1. The van der Waals surface area contributed by atoms with Crippen molar-refractivity contribution in [3.8, 4) is 11.3 Å². The molecule has 1 aliphatic rings. The lowest BCUT2D eigenvalue weighted by atomic mass is 10.2. The molecule has 134 valence electrons. The monoisotopic (exact) mass is 442 g/mol. The standard InChI is InChI=1S/C20H12BrFN2O2S/c21-13-7-5-12(6-8-13)17-10-9-14(26-17)11-18-19(25)24-20(27-18)23-16-4-2-1-3-15(16)22/h1-11H,(H,23,24,25). The fraction of sp³-hybridized carbons (Fsp3) is 0. The number of thioether (sulfide) groups is 1. The number of hydrogen-bond acceptors (Lipinski definition) is 4. The third-order valence-electron chi connectivity index (χ3n) is 3.75. The van der Waals surface area contributed by atoms with E-state index < -0.39 is 5.82 Å². The minimum absolute atomic E-state index is 0.178. The van der Waals surface area contributed by atoms with Crippen molar-refractivity contribution in [3.63, 3.8) is 0 Å². The summed E-state index contributed by atoms with van der Waals surface area (Å²) in [6.07, 6.45) is 1.65. The first-order valence-corrected chi connectivity index (χ1v) is 9.59. The maximum atomic E-state index is 13.7. The highest BCUT2D eigenvalue weighted by Gasteiger charge is 2.24. The molecule has 0 aliphatic carbocycles. The first kappa shape index (κ1) is 17.8. The second kappa shape index (κ2) is 7.54. The fourth-order valence-electron chi connectivity index (χ4n) is 2.46. The van der Waals surface area contributed by atoms with Crippen molar-refractivity contribution in [1.82, 2.24) is 5.32 Å².